The number of ketones is 1. The number of carbonyl (C=O) groups excluding carboxylic acids is 1. The summed E-state index contributed by atoms with van der Waals surface area (Å²) in [6, 6.07) is 19.7. The molecule has 3 aromatic carbocycles. The van der Waals surface area contributed by atoms with Crippen LogP contribution in [0.25, 0.3) is 32.7 Å². The predicted molar refractivity (Wildman–Crippen MR) is 172 cm³/mol. The van der Waals surface area contributed by atoms with Gasteiger partial charge in [0.15, 0.2) is 17.7 Å². The van der Waals surface area contributed by atoms with Crippen LogP contribution in [0, 0.1) is 5.82 Å². The van der Waals surface area contributed by atoms with E-state index in [-0.39, 0.29) is 25.4 Å². The fourth-order valence-corrected chi connectivity index (χ4v) is 6.41. The zero-order valence-corrected chi connectivity index (χ0v) is 25.1. The summed E-state index contributed by atoms with van der Waals surface area (Å²) in [5.41, 5.74) is 0.817. The van der Waals surface area contributed by atoms with Gasteiger partial charge in [-0.05, 0) is 53.9 Å². The summed E-state index contributed by atoms with van der Waals surface area (Å²) in [5.74, 6) is -0.359. The highest BCUT2D eigenvalue weighted by Gasteiger charge is 2.20. The van der Waals surface area contributed by atoms with E-state index in [1.807, 2.05) is 6.92 Å². The summed E-state index contributed by atoms with van der Waals surface area (Å²) in [5, 5.41) is 15.5. The van der Waals surface area contributed by atoms with Gasteiger partial charge in [0.1, 0.15) is 16.4 Å². The summed E-state index contributed by atoms with van der Waals surface area (Å²) in [6.07, 6.45) is 0.702. The van der Waals surface area contributed by atoms with Crippen molar-refractivity contribution in [1.82, 2.24) is 19.3 Å². The Morgan fingerprint density at radius 1 is 1.02 bits per heavy atom. The number of thiophene rings is 1. The maximum atomic E-state index is 15.7. The lowest BCUT2D eigenvalue weighted by Gasteiger charge is -2.14. The van der Waals surface area contributed by atoms with Crippen LogP contribution in [0.1, 0.15) is 41.6 Å². The quantitative estimate of drug-likeness (QED) is 0.175. The number of hydrogen-bond acceptors (Lipinski definition) is 9. The summed E-state index contributed by atoms with van der Waals surface area (Å²) in [4.78, 5) is 45.6. The Hall–Kier alpha value is -5.36. The summed E-state index contributed by atoms with van der Waals surface area (Å²) in [7, 11) is 1.51. The third-order valence-corrected chi connectivity index (χ3v) is 8.64. The van der Waals surface area contributed by atoms with Gasteiger partial charge in [-0.15, -0.1) is 11.3 Å². The van der Waals surface area contributed by atoms with E-state index in [2.05, 4.69) is 14.7 Å². The maximum Gasteiger partial charge on any atom is 0.332 e. The molecule has 3 heterocycles. The molecular formula is C34H30FN4O6S-. The molecule has 0 aliphatic carbocycles. The number of benzene rings is 3. The van der Waals surface area contributed by atoms with E-state index in [4.69, 9.17) is 4.74 Å². The van der Waals surface area contributed by atoms with Gasteiger partial charge in [0, 0.05) is 21.6 Å². The van der Waals surface area contributed by atoms with Gasteiger partial charge in [-0.3, -0.25) is 18.7 Å². The molecule has 0 radical (unpaired) electrons. The first-order chi connectivity index (χ1) is 21.8. The Morgan fingerprint density at radius 3 is 2.41 bits per heavy atom. The van der Waals surface area contributed by atoms with Crippen LogP contribution < -0.4 is 21.1 Å². The van der Waals surface area contributed by atoms with Crippen LogP contribution in [0.2, 0.25) is 0 Å². The average Bonchev–Trinajstić information content (AvgIpc) is 3.68. The molecule has 0 spiro atoms. The number of aryl methyl sites for hydroxylation is 1. The molecule has 0 bridgehead atoms. The Balaban J connectivity index is 0.00000417. The second-order valence-corrected chi connectivity index (χ2v) is 11.4. The lowest BCUT2D eigenvalue weighted by atomic mass is 9.98. The number of aromatic nitrogens is 4. The highest BCUT2D eigenvalue weighted by atomic mass is 32.1. The zero-order chi connectivity index (χ0) is 31.7. The third-order valence-electron chi connectivity index (χ3n) is 7.42. The van der Waals surface area contributed by atoms with Crippen LogP contribution in [-0.2, 0) is 19.5 Å². The number of carbonyl (C=O) groups is 1. The number of Topliss-reactive ketones (excluding diaryl/α,β-unsaturated/α-hetero) is 1. The van der Waals surface area contributed by atoms with Crippen LogP contribution in [0.15, 0.2) is 86.9 Å². The molecule has 12 heteroatoms. The normalized spacial score (nSPS) is 11.0. The average molecular weight is 642 g/mol. The third kappa shape index (κ3) is 6.11. The molecule has 0 aliphatic rings. The zero-order valence-electron chi connectivity index (χ0n) is 24.3. The molecule has 0 fully saturated rings. The predicted octanol–water partition coefficient (Wildman–Crippen LogP) is 5.68. The Kier molecular flexibility index (Phi) is 9.28. The lowest BCUT2D eigenvalue weighted by Crippen LogP contribution is -2.41. The number of ether oxygens (including phenoxy) is 1. The number of rotatable bonds is 10. The SMILES string of the molecule is C.CCCc1cc2c(=O)n(CC(=O)c3ccc(OC)cc3)c(=O)n(Cc3ccc(-c4ccccc4-c4noc([O-])n4)cc3F)c2s1. The number of halogens is 1. The molecule has 0 unspecified atom stereocenters. The van der Waals surface area contributed by atoms with E-state index >= 15 is 4.39 Å². The molecule has 6 rings (SSSR count). The van der Waals surface area contributed by atoms with Gasteiger partial charge < -0.3 is 14.4 Å². The molecule has 10 nitrogen and oxygen atoms in total. The number of fused-ring (bicyclic) bond motifs is 1. The molecule has 0 amide bonds. The van der Waals surface area contributed by atoms with E-state index in [1.165, 1.54) is 29.1 Å². The molecular weight excluding hydrogens is 611 g/mol. The van der Waals surface area contributed by atoms with E-state index in [9.17, 15) is 19.5 Å². The molecule has 0 saturated heterocycles. The van der Waals surface area contributed by atoms with Gasteiger partial charge in [0.05, 0.1) is 25.6 Å². The molecule has 46 heavy (non-hydrogen) atoms. The second kappa shape index (κ2) is 13.3. The van der Waals surface area contributed by atoms with Crippen molar-refractivity contribution in [2.75, 3.05) is 7.11 Å². The van der Waals surface area contributed by atoms with Crippen LogP contribution in [0.4, 0.5) is 4.39 Å². The lowest BCUT2D eigenvalue weighted by molar-refractivity contribution is -0.303. The maximum absolute atomic E-state index is 15.7. The highest BCUT2D eigenvalue weighted by molar-refractivity contribution is 7.18. The van der Waals surface area contributed by atoms with Gasteiger partial charge in [-0.25, -0.2) is 14.2 Å². The largest absolute Gasteiger partial charge is 0.528 e. The minimum absolute atomic E-state index is 0. The van der Waals surface area contributed by atoms with Crippen LogP contribution in [-0.4, -0.2) is 32.2 Å². The van der Waals surface area contributed by atoms with Gasteiger partial charge in [0.25, 0.3) is 5.56 Å². The number of hydrogen-bond donors (Lipinski definition) is 0. The molecule has 0 N–H and O–H groups in total. The smallest absolute Gasteiger partial charge is 0.332 e. The minimum Gasteiger partial charge on any atom is -0.528 e. The van der Waals surface area contributed by atoms with Crippen LogP contribution in [0.5, 0.6) is 11.8 Å². The number of nitrogens with zero attached hydrogens (tertiary/aromatic N) is 4. The first kappa shape index (κ1) is 32.0. The fraction of sp³-hybridized carbons (Fsp3) is 0.206. The second-order valence-electron chi connectivity index (χ2n) is 10.3. The minimum atomic E-state index is -0.833. The Labute approximate surface area is 267 Å². The Bertz CT molecular complexity index is 2160. The van der Waals surface area contributed by atoms with Crippen LogP contribution in [0.3, 0.4) is 0 Å². The Morgan fingerprint density at radius 2 is 1.76 bits per heavy atom. The molecule has 0 aliphatic heterocycles. The first-order valence-corrected chi connectivity index (χ1v) is 14.9. The summed E-state index contributed by atoms with van der Waals surface area (Å²) in [6.45, 7) is 1.37. The summed E-state index contributed by atoms with van der Waals surface area (Å²) < 4.78 is 27.7. The van der Waals surface area contributed by atoms with Crippen molar-refractivity contribution >= 4 is 27.3 Å². The van der Waals surface area contributed by atoms with Gasteiger partial charge in [0.2, 0.25) is 0 Å². The highest BCUT2D eigenvalue weighted by Crippen LogP contribution is 2.32. The molecule has 6 aromatic rings. The molecule has 236 valence electrons. The fourth-order valence-electron chi connectivity index (χ4n) is 5.17. The van der Waals surface area contributed by atoms with Crippen molar-refractivity contribution in [2.45, 2.75) is 40.3 Å². The van der Waals surface area contributed by atoms with Crippen molar-refractivity contribution in [3.8, 4) is 34.3 Å². The standard InChI is InChI=1S/C33H27FN4O6S.CH4/c1-3-6-23-16-26-30(40)37(18-28(39)19-11-13-22(43-2)14-12-19)33(42)38(31(26)45-23)17-21-10-9-20(15-27(21)34)24-7-4-5-8-25(24)29-35-32(41)44-36-29;/h4-5,7-16H,3,6,17-18H2,1-2H3,(H,35,36,41);1H4/p-1. The van der Waals surface area contributed by atoms with Crippen molar-refractivity contribution in [2.24, 2.45) is 0 Å². The molecule has 0 atom stereocenters. The van der Waals surface area contributed by atoms with Crippen LogP contribution >= 0.6 is 11.3 Å². The topological polar surface area (TPSA) is 132 Å². The molecule has 3 aromatic heterocycles. The van der Waals surface area contributed by atoms with E-state index in [1.54, 1.807) is 66.7 Å². The van der Waals surface area contributed by atoms with Gasteiger partial charge in [-0.1, -0.05) is 57.2 Å². The van der Waals surface area contributed by atoms with Gasteiger partial charge in [-0.2, -0.15) is 5.16 Å². The van der Waals surface area contributed by atoms with E-state index in [0.29, 0.717) is 44.6 Å². The van der Waals surface area contributed by atoms with E-state index in [0.717, 1.165) is 15.9 Å². The van der Waals surface area contributed by atoms with E-state index < -0.39 is 35.5 Å². The van der Waals surface area contributed by atoms with Crippen molar-refractivity contribution in [1.29, 1.82) is 0 Å². The van der Waals surface area contributed by atoms with Crippen molar-refractivity contribution < 1.29 is 23.6 Å². The van der Waals surface area contributed by atoms with Gasteiger partial charge >= 0.3 is 5.69 Å². The van der Waals surface area contributed by atoms with Crippen molar-refractivity contribution in [3.63, 3.8) is 0 Å². The summed E-state index contributed by atoms with van der Waals surface area (Å²) >= 11 is 1.31. The number of methoxy groups -OCH3 is 1. The van der Waals surface area contributed by atoms with Crippen molar-refractivity contribution in [3.05, 3.63) is 115 Å². The molecule has 0 saturated carbocycles. The first-order valence-electron chi connectivity index (χ1n) is 14.1. The monoisotopic (exact) mass is 641 g/mol.